The fraction of sp³-hybridized carbons (Fsp3) is 0.263. The summed E-state index contributed by atoms with van der Waals surface area (Å²) in [6.45, 7) is 4.55. The lowest BCUT2D eigenvalue weighted by molar-refractivity contribution is 0.0505. The van der Waals surface area contributed by atoms with E-state index in [4.69, 9.17) is 4.74 Å². The van der Waals surface area contributed by atoms with Crippen LogP contribution in [0.1, 0.15) is 36.2 Å². The third kappa shape index (κ3) is 3.26. The number of imidazole rings is 1. The van der Waals surface area contributed by atoms with Crippen LogP contribution < -0.4 is 0 Å². The third-order valence-corrected chi connectivity index (χ3v) is 3.79. The molecule has 0 saturated heterocycles. The van der Waals surface area contributed by atoms with Gasteiger partial charge < -0.3 is 9.72 Å². The van der Waals surface area contributed by atoms with Gasteiger partial charge in [0.15, 0.2) is 0 Å². The Hall–Kier alpha value is -2.62. The molecule has 1 heterocycles. The summed E-state index contributed by atoms with van der Waals surface area (Å²) >= 11 is 0. The van der Waals surface area contributed by atoms with E-state index in [-0.39, 0.29) is 5.97 Å². The van der Waals surface area contributed by atoms with E-state index in [0.29, 0.717) is 12.2 Å². The monoisotopic (exact) mass is 308 g/mol. The van der Waals surface area contributed by atoms with Crippen molar-refractivity contribution in [2.45, 2.75) is 26.7 Å². The average molecular weight is 308 g/mol. The van der Waals surface area contributed by atoms with Gasteiger partial charge in [-0.25, -0.2) is 9.78 Å². The van der Waals surface area contributed by atoms with Crippen LogP contribution in [0.2, 0.25) is 0 Å². The van der Waals surface area contributed by atoms with E-state index in [1.807, 2.05) is 13.0 Å². The van der Waals surface area contributed by atoms with Crippen molar-refractivity contribution in [1.82, 2.24) is 9.97 Å². The molecule has 0 amide bonds. The molecule has 4 nitrogen and oxygen atoms in total. The summed E-state index contributed by atoms with van der Waals surface area (Å²) in [4.78, 5) is 19.8. The van der Waals surface area contributed by atoms with Gasteiger partial charge >= 0.3 is 5.97 Å². The van der Waals surface area contributed by atoms with E-state index in [1.165, 1.54) is 5.56 Å². The second-order valence-electron chi connectivity index (χ2n) is 5.50. The molecule has 118 valence electrons. The number of carbonyl (C=O) groups excluding carboxylic acids is 1. The Morgan fingerprint density at radius 1 is 1.13 bits per heavy atom. The number of benzene rings is 2. The summed E-state index contributed by atoms with van der Waals surface area (Å²) in [5.41, 5.74) is 4.55. The molecule has 1 N–H and O–H groups in total. The first kappa shape index (κ1) is 15.3. The third-order valence-electron chi connectivity index (χ3n) is 3.79. The van der Waals surface area contributed by atoms with Crippen LogP contribution in [-0.4, -0.2) is 22.5 Å². The largest absolute Gasteiger partial charge is 0.462 e. The van der Waals surface area contributed by atoms with Gasteiger partial charge in [-0.1, -0.05) is 38.1 Å². The van der Waals surface area contributed by atoms with Crippen LogP contribution in [0.25, 0.3) is 22.4 Å². The Kier molecular flexibility index (Phi) is 4.42. The van der Waals surface area contributed by atoms with Gasteiger partial charge in [-0.05, 0) is 36.6 Å². The number of nitrogens with one attached hydrogen (secondary N) is 1. The number of aryl methyl sites for hydroxylation is 1. The van der Waals surface area contributed by atoms with Gasteiger partial charge in [-0.2, -0.15) is 0 Å². The number of aromatic amines is 1. The second kappa shape index (κ2) is 6.65. The van der Waals surface area contributed by atoms with Gasteiger partial charge in [0.2, 0.25) is 0 Å². The molecule has 0 spiro atoms. The van der Waals surface area contributed by atoms with Crippen molar-refractivity contribution in [2.24, 2.45) is 0 Å². The minimum Gasteiger partial charge on any atom is -0.462 e. The topological polar surface area (TPSA) is 55.0 Å². The number of hydrogen-bond donors (Lipinski definition) is 1. The number of nitrogens with zero attached hydrogens (tertiary/aromatic N) is 1. The second-order valence-corrected chi connectivity index (χ2v) is 5.50. The van der Waals surface area contributed by atoms with E-state index < -0.39 is 0 Å². The number of esters is 1. The molecule has 2 aromatic carbocycles. The van der Waals surface area contributed by atoms with E-state index in [1.54, 1.807) is 12.1 Å². The van der Waals surface area contributed by atoms with Crippen molar-refractivity contribution in [2.75, 3.05) is 6.61 Å². The normalized spacial score (nSPS) is 10.9. The minimum atomic E-state index is -0.294. The number of hydrogen-bond acceptors (Lipinski definition) is 3. The molecule has 0 radical (unpaired) electrons. The highest BCUT2D eigenvalue weighted by atomic mass is 16.5. The number of rotatable bonds is 5. The van der Waals surface area contributed by atoms with Crippen LogP contribution >= 0.6 is 0 Å². The number of ether oxygens (including phenoxy) is 1. The molecule has 0 unspecified atom stereocenters. The van der Waals surface area contributed by atoms with Crippen LogP contribution in [0.15, 0.2) is 42.5 Å². The Bertz CT molecular complexity index is 819. The van der Waals surface area contributed by atoms with Crippen LogP contribution in [0.3, 0.4) is 0 Å². The lowest BCUT2D eigenvalue weighted by Crippen LogP contribution is -2.05. The molecule has 0 fully saturated rings. The summed E-state index contributed by atoms with van der Waals surface area (Å²) < 4.78 is 5.17. The molecule has 4 heteroatoms. The lowest BCUT2D eigenvalue weighted by atomic mass is 10.1. The maximum absolute atomic E-state index is 11.9. The molecule has 0 saturated carbocycles. The van der Waals surface area contributed by atoms with E-state index in [2.05, 4.69) is 41.2 Å². The molecule has 1 aromatic heterocycles. The summed E-state index contributed by atoms with van der Waals surface area (Å²) in [6, 6.07) is 13.7. The SMILES string of the molecule is CCCOC(=O)c1ccc2nc(-c3ccc(CC)cc3)[nH]c2c1. The first-order chi connectivity index (χ1) is 11.2. The quantitative estimate of drug-likeness (QED) is 0.712. The molecular formula is C19H20N2O2. The van der Waals surface area contributed by atoms with Gasteiger partial charge in [0.05, 0.1) is 23.2 Å². The van der Waals surface area contributed by atoms with E-state index in [0.717, 1.165) is 35.3 Å². The van der Waals surface area contributed by atoms with Gasteiger partial charge in [-0.3, -0.25) is 0 Å². The first-order valence-corrected chi connectivity index (χ1v) is 7.97. The van der Waals surface area contributed by atoms with Crippen molar-refractivity contribution in [1.29, 1.82) is 0 Å². The van der Waals surface area contributed by atoms with Crippen LogP contribution in [0.5, 0.6) is 0 Å². The van der Waals surface area contributed by atoms with Crippen molar-refractivity contribution < 1.29 is 9.53 Å². The van der Waals surface area contributed by atoms with Gasteiger partial charge in [-0.15, -0.1) is 0 Å². The van der Waals surface area contributed by atoms with Crippen molar-refractivity contribution in [3.63, 3.8) is 0 Å². The number of H-pyrrole nitrogens is 1. The number of carbonyl (C=O) groups is 1. The molecule has 0 atom stereocenters. The van der Waals surface area contributed by atoms with Gasteiger partial charge in [0.1, 0.15) is 5.82 Å². The predicted octanol–water partition coefficient (Wildman–Crippen LogP) is 4.36. The summed E-state index contributed by atoms with van der Waals surface area (Å²) in [6.07, 6.45) is 1.83. The maximum Gasteiger partial charge on any atom is 0.338 e. The Morgan fingerprint density at radius 2 is 1.91 bits per heavy atom. The Morgan fingerprint density at radius 3 is 2.61 bits per heavy atom. The highest BCUT2D eigenvalue weighted by Crippen LogP contribution is 2.22. The minimum absolute atomic E-state index is 0.294. The summed E-state index contributed by atoms with van der Waals surface area (Å²) in [5.74, 6) is 0.513. The van der Waals surface area contributed by atoms with Crippen LogP contribution in [0.4, 0.5) is 0 Å². The molecular weight excluding hydrogens is 288 g/mol. The number of fused-ring (bicyclic) bond motifs is 1. The zero-order valence-electron chi connectivity index (χ0n) is 13.4. The molecule has 0 bridgehead atoms. The van der Waals surface area contributed by atoms with Crippen molar-refractivity contribution in [3.05, 3.63) is 53.6 Å². The van der Waals surface area contributed by atoms with Crippen LogP contribution in [-0.2, 0) is 11.2 Å². The fourth-order valence-corrected chi connectivity index (χ4v) is 2.45. The standard InChI is InChI=1S/C19H20N2O2/c1-3-11-23-19(22)15-9-10-16-17(12-15)21-18(20-16)14-7-5-13(4-2)6-8-14/h5-10,12H,3-4,11H2,1-2H3,(H,20,21). The van der Waals surface area contributed by atoms with Crippen molar-refractivity contribution >= 4 is 17.0 Å². The first-order valence-electron chi connectivity index (χ1n) is 7.97. The highest BCUT2D eigenvalue weighted by molar-refractivity contribution is 5.94. The molecule has 3 rings (SSSR count). The molecule has 0 aliphatic rings. The molecule has 0 aliphatic heterocycles. The van der Waals surface area contributed by atoms with E-state index >= 15 is 0 Å². The smallest absolute Gasteiger partial charge is 0.338 e. The van der Waals surface area contributed by atoms with Gasteiger partial charge in [0.25, 0.3) is 0 Å². The zero-order chi connectivity index (χ0) is 16.2. The fourth-order valence-electron chi connectivity index (χ4n) is 2.45. The molecule has 0 aliphatic carbocycles. The molecule has 3 aromatic rings. The van der Waals surface area contributed by atoms with Crippen LogP contribution in [0, 0.1) is 0 Å². The average Bonchev–Trinajstić information content (AvgIpc) is 3.02. The van der Waals surface area contributed by atoms with Gasteiger partial charge in [0, 0.05) is 5.56 Å². The van der Waals surface area contributed by atoms with Crippen molar-refractivity contribution in [3.8, 4) is 11.4 Å². The lowest BCUT2D eigenvalue weighted by Gasteiger charge is -2.02. The van der Waals surface area contributed by atoms with E-state index in [9.17, 15) is 4.79 Å². The highest BCUT2D eigenvalue weighted by Gasteiger charge is 2.10. The zero-order valence-corrected chi connectivity index (χ0v) is 13.4. The Balaban J connectivity index is 1.90. The summed E-state index contributed by atoms with van der Waals surface area (Å²) in [7, 11) is 0. The Labute approximate surface area is 135 Å². The maximum atomic E-state index is 11.9. The number of aromatic nitrogens is 2. The molecule has 23 heavy (non-hydrogen) atoms. The predicted molar refractivity (Wildman–Crippen MR) is 91.5 cm³/mol. The summed E-state index contributed by atoms with van der Waals surface area (Å²) in [5, 5.41) is 0.